The first-order valence-corrected chi connectivity index (χ1v) is 9.17. The number of non-ortho nitro benzene ring substituents is 1. The lowest BCUT2D eigenvalue weighted by molar-refractivity contribution is -0.384. The predicted molar refractivity (Wildman–Crippen MR) is 110 cm³/mol. The van der Waals surface area contributed by atoms with E-state index in [-0.39, 0.29) is 17.8 Å². The summed E-state index contributed by atoms with van der Waals surface area (Å²) in [7, 11) is 1.88. The molecule has 0 aliphatic heterocycles. The summed E-state index contributed by atoms with van der Waals surface area (Å²) in [6.45, 7) is 0.00486. The Labute approximate surface area is 174 Å². The second-order valence-corrected chi connectivity index (χ2v) is 6.68. The van der Waals surface area contributed by atoms with Crippen LogP contribution >= 0.6 is 0 Å². The highest BCUT2D eigenvalue weighted by atomic mass is 16.6. The van der Waals surface area contributed by atoms with E-state index in [2.05, 4.69) is 10.3 Å². The number of aromatic nitrogens is 3. The minimum Gasteiger partial charge on any atom is -0.486 e. The third-order valence-electron chi connectivity index (χ3n) is 4.59. The largest absolute Gasteiger partial charge is 0.486 e. The fraction of sp³-hybridized carbons (Fsp3) is 0.150. The summed E-state index contributed by atoms with van der Waals surface area (Å²) in [5, 5.41) is 13.5. The first-order valence-electron chi connectivity index (χ1n) is 9.17. The van der Waals surface area contributed by atoms with E-state index in [0.29, 0.717) is 23.6 Å². The summed E-state index contributed by atoms with van der Waals surface area (Å²) >= 11 is 0. The van der Waals surface area contributed by atoms with Crippen molar-refractivity contribution in [3.05, 3.63) is 81.3 Å². The number of nitro benzene ring substituents is 1. The molecule has 0 aliphatic carbocycles. The average molecular weight is 423 g/mol. The van der Waals surface area contributed by atoms with Crippen molar-refractivity contribution in [1.82, 2.24) is 14.1 Å². The minimum atomic E-state index is -0.774. The lowest BCUT2D eigenvalue weighted by Gasteiger charge is -2.09. The van der Waals surface area contributed by atoms with Gasteiger partial charge in [-0.2, -0.15) is 0 Å². The van der Waals surface area contributed by atoms with E-state index >= 15 is 0 Å². The fourth-order valence-corrected chi connectivity index (χ4v) is 2.98. The van der Waals surface area contributed by atoms with Crippen LogP contribution in [0.15, 0.2) is 64.1 Å². The Bertz CT molecular complexity index is 1320. The first-order chi connectivity index (χ1) is 14.9. The van der Waals surface area contributed by atoms with Crippen molar-refractivity contribution < 1.29 is 18.9 Å². The molecule has 2 heterocycles. The molecule has 4 aromatic rings. The number of hydrogen-bond donors (Lipinski definition) is 1. The third-order valence-corrected chi connectivity index (χ3v) is 4.59. The molecule has 0 atom stereocenters. The maximum absolute atomic E-state index is 12.4. The van der Waals surface area contributed by atoms with Crippen molar-refractivity contribution in [2.75, 3.05) is 5.32 Å². The highest BCUT2D eigenvalue weighted by Crippen LogP contribution is 2.20. The number of imidazole rings is 1. The van der Waals surface area contributed by atoms with E-state index in [1.165, 1.54) is 12.1 Å². The van der Waals surface area contributed by atoms with Crippen LogP contribution in [0.2, 0.25) is 0 Å². The third kappa shape index (κ3) is 4.29. The normalized spacial score (nSPS) is 10.9. The fourth-order valence-electron chi connectivity index (χ4n) is 2.98. The molecule has 31 heavy (non-hydrogen) atoms. The summed E-state index contributed by atoms with van der Waals surface area (Å²) in [5.41, 5.74) is 0.652. The summed E-state index contributed by atoms with van der Waals surface area (Å²) < 4.78 is 13.7. The molecule has 4 rings (SSSR count). The summed E-state index contributed by atoms with van der Waals surface area (Å²) in [4.78, 5) is 38.9. The number of nitrogens with one attached hydrogen (secondary N) is 1. The van der Waals surface area contributed by atoms with Crippen LogP contribution in [0.25, 0.3) is 11.1 Å². The maximum Gasteiger partial charge on any atom is 0.420 e. The average Bonchev–Trinajstić information content (AvgIpc) is 3.29. The topological polar surface area (TPSA) is 134 Å². The zero-order valence-electron chi connectivity index (χ0n) is 16.3. The molecule has 11 nitrogen and oxygen atoms in total. The summed E-state index contributed by atoms with van der Waals surface area (Å²) in [6.07, 6.45) is 3.51. The number of hydrogen-bond acceptors (Lipinski definition) is 7. The number of amides is 1. The summed E-state index contributed by atoms with van der Waals surface area (Å²) in [5.74, 6) is 0.161. The van der Waals surface area contributed by atoms with Gasteiger partial charge < -0.3 is 19.0 Å². The Morgan fingerprint density at radius 3 is 2.71 bits per heavy atom. The zero-order valence-corrected chi connectivity index (χ0v) is 16.3. The molecule has 0 radical (unpaired) electrons. The molecule has 0 saturated heterocycles. The van der Waals surface area contributed by atoms with Crippen LogP contribution in [-0.4, -0.2) is 24.9 Å². The van der Waals surface area contributed by atoms with Crippen LogP contribution in [0.4, 0.5) is 11.4 Å². The molecule has 0 bridgehead atoms. The van der Waals surface area contributed by atoms with Crippen LogP contribution in [0.3, 0.4) is 0 Å². The Morgan fingerprint density at radius 2 is 2.03 bits per heavy atom. The molecular formula is C20H17N5O6. The van der Waals surface area contributed by atoms with Gasteiger partial charge in [-0.05, 0) is 30.3 Å². The number of aryl methyl sites for hydroxylation is 1. The van der Waals surface area contributed by atoms with E-state index < -0.39 is 16.6 Å². The van der Waals surface area contributed by atoms with E-state index in [9.17, 15) is 19.7 Å². The number of benzene rings is 2. The quantitative estimate of drug-likeness (QED) is 0.356. The highest BCUT2D eigenvalue weighted by molar-refractivity contribution is 5.91. The van der Waals surface area contributed by atoms with Gasteiger partial charge in [0.05, 0.1) is 16.5 Å². The Balaban J connectivity index is 1.41. The van der Waals surface area contributed by atoms with Crippen LogP contribution in [0.1, 0.15) is 5.82 Å². The number of carbonyl (C=O) groups is 1. The van der Waals surface area contributed by atoms with Gasteiger partial charge in [0.15, 0.2) is 5.58 Å². The van der Waals surface area contributed by atoms with E-state index in [1.54, 1.807) is 30.5 Å². The van der Waals surface area contributed by atoms with Gasteiger partial charge in [0, 0.05) is 31.2 Å². The van der Waals surface area contributed by atoms with Gasteiger partial charge in [-0.25, -0.2) is 9.78 Å². The molecule has 1 amide bonds. The number of nitro groups is 1. The van der Waals surface area contributed by atoms with Crippen LogP contribution in [0, 0.1) is 10.1 Å². The number of oxazole rings is 1. The SMILES string of the molecule is Cn1ccnc1COc1ccc(NC(=O)Cn2c(=O)oc3cc([N+](=O)[O-])ccc32)cc1. The van der Waals surface area contributed by atoms with Crippen molar-refractivity contribution in [1.29, 1.82) is 0 Å². The number of ether oxygens (including phenoxy) is 1. The van der Waals surface area contributed by atoms with Crippen molar-refractivity contribution in [3.8, 4) is 5.75 Å². The van der Waals surface area contributed by atoms with Crippen LogP contribution in [-0.2, 0) is 25.0 Å². The predicted octanol–water partition coefficient (Wildman–Crippen LogP) is 2.45. The Morgan fingerprint density at radius 1 is 1.26 bits per heavy atom. The van der Waals surface area contributed by atoms with Gasteiger partial charge >= 0.3 is 5.76 Å². The number of anilines is 1. The number of fused-ring (bicyclic) bond motifs is 1. The molecule has 2 aromatic heterocycles. The van der Waals surface area contributed by atoms with Crippen molar-refractivity contribution in [3.63, 3.8) is 0 Å². The Hall–Kier alpha value is -4.41. The second kappa shape index (κ2) is 8.14. The minimum absolute atomic E-state index is 0.0428. The molecule has 0 fully saturated rings. The van der Waals surface area contributed by atoms with Gasteiger partial charge in [0.1, 0.15) is 24.7 Å². The zero-order chi connectivity index (χ0) is 22.0. The highest BCUT2D eigenvalue weighted by Gasteiger charge is 2.16. The van der Waals surface area contributed by atoms with Crippen LogP contribution < -0.4 is 15.8 Å². The molecular weight excluding hydrogens is 406 g/mol. The van der Waals surface area contributed by atoms with E-state index in [4.69, 9.17) is 9.15 Å². The molecule has 11 heteroatoms. The van der Waals surface area contributed by atoms with Crippen LogP contribution in [0.5, 0.6) is 5.75 Å². The molecule has 0 spiro atoms. The monoisotopic (exact) mass is 423 g/mol. The number of carbonyl (C=O) groups excluding carboxylic acids is 1. The lowest BCUT2D eigenvalue weighted by atomic mass is 10.3. The van der Waals surface area contributed by atoms with Gasteiger partial charge in [0.25, 0.3) is 5.69 Å². The van der Waals surface area contributed by atoms with E-state index in [1.807, 2.05) is 17.8 Å². The van der Waals surface area contributed by atoms with Gasteiger partial charge in [0.2, 0.25) is 5.91 Å². The van der Waals surface area contributed by atoms with Crippen molar-refractivity contribution in [2.24, 2.45) is 7.05 Å². The molecule has 0 aliphatic rings. The van der Waals surface area contributed by atoms with Crippen molar-refractivity contribution >= 4 is 28.4 Å². The first kappa shape index (κ1) is 19.9. The Kier molecular flexibility index (Phi) is 5.22. The standard InChI is InChI=1S/C20H17N5O6/c1-23-9-8-21-18(23)12-30-15-5-2-13(3-6-15)22-19(26)11-24-16-7-4-14(25(28)29)10-17(16)31-20(24)27/h2-10H,11-12H2,1H3,(H,22,26). The number of rotatable bonds is 7. The molecule has 0 saturated carbocycles. The molecule has 1 N–H and O–H groups in total. The number of nitrogens with zero attached hydrogens (tertiary/aromatic N) is 4. The van der Waals surface area contributed by atoms with Gasteiger partial charge in [-0.1, -0.05) is 0 Å². The van der Waals surface area contributed by atoms with Crippen molar-refractivity contribution in [2.45, 2.75) is 13.2 Å². The smallest absolute Gasteiger partial charge is 0.420 e. The molecule has 158 valence electrons. The van der Waals surface area contributed by atoms with Gasteiger partial charge in [-0.3, -0.25) is 19.5 Å². The summed E-state index contributed by atoms with van der Waals surface area (Å²) in [6, 6.07) is 10.5. The van der Waals surface area contributed by atoms with E-state index in [0.717, 1.165) is 16.5 Å². The molecule has 0 unspecified atom stereocenters. The lowest BCUT2D eigenvalue weighted by Crippen LogP contribution is -2.24. The molecule has 2 aromatic carbocycles. The maximum atomic E-state index is 12.4. The second-order valence-electron chi connectivity index (χ2n) is 6.68. The van der Waals surface area contributed by atoms with Gasteiger partial charge in [-0.15, -0.1) is 0 Å².